The molecule has 1 amide bonds. The molecular weight excluding hydrogens is 354 g/mol. The van der Waals surface area contributed by atoms with E-state index in [2.05, 4.69) is 15.4 Å². The summed E-state index contributed by atoms with van der Waals surface area (Å²) in [5.74, 6) is 1.91. The number of ether oxygens (including phenoxy) is 1. The van der Waals surface area contributed by atoms with Crippen LogP contribution in [0.25, 0.3) is 0 Å². The Hall–Kier alpha value is -2.34. The third kappa shape index (κ3) is 5.13. The average Bonchev–Trinajstić information content (AvgIpc) is 2.98. The second kappa shape index (κ2) is 9.24. The SMILES string of the molecule is Cc1noc(C)c1CN1CCCC(COc2ccccc2C(=O)NC(C)C)C1. The van der Waals surface area contributed by atoms with Crippen LogP contribution >= 0.6 is 0 Å². The lowest BCUT2D eigenvalue weighted by molar-refractivity contribution is 0.0932. The van der Waals surface area contributed by atoms with Crippen molar-refractivity contribution < 1.29 is 14.1 Å². The molecule has 0 bridgehead atoms. The Balaban J connectivity index is 1.58. The van der Waals surface area contributed by atoms with Gasteiger partial charge in [0.15, 0.2) is 0 Å². The predicted octanol–water partition coefficient (Wildman–Crippen LogP) is 3.72. The minimum absolute atomic E-state index is 0.0886. The van der Waals surface area contributed by atoms with E-state index in [1.807, 2.05) is 52.0 Å². The summed E-state index contributed by atoms with van der Waals surface area (Å²) < 4.78 is 11.4. The highest BCUT2D eigenvalue weighted by Gasteiger charge is 2.23. The van der Waals surface area contributed by atoms with Gasteiger partial charge in [0.2, 0.25) is 0 Å². The average molecular weight is 386 g/mol. The number of piperidine rings is 1. The molecule has 0 saturated carbocycles. The van der Waals surface area contributed by atoms with Crippen LogP contribution in [-0.4, -0.2) is 41.7 Å². The summed E-state index contributed by atoms with van der Waals surface area (Å²) in [6, 6.07) is 7.56. The number of hydrogen-bond acceptors (Lipinski definition) is 5. The van der Waals surface area contributed by atoms with Crippen LogP contribution in [0.15, 0.2) is 28.8 Å². The second-order valence-corrected chi connectivity index (χ2v) is 7.98. The highest BCUT2D eigenvalue weighted by molar-refractivity contribution is 5.97. The standard InChI is InChI=1S/C22H31N3O3/c1-15(2)23-22(26)19-9-5-6-10-21(19)27-14-18-8-7-11-25(12-18)13-20-16(3)24-28-17(20)4/h5-6,9-10,15,18H,7-8,11-14H2,1-4H3,(H,23,26). The van der Waals surface area contributed by atoms with Crippen molar-refractivity contribution in [1.29, 1.82) is 0 Å². The molecule has 0 radical (unpaired) electrons. The molecule has 1 N–H and O–H groups in total. The molecule has 2 heterocycles. The van der Waals surface area contributed by atoms with Crippen LogP contribution in [0.2, 0.25) is 0 Å². The van der Waals surface area contributed by atoms with Gasteiger partial charge in [-0.05, 0) is 59.2 Å². The zero-order valence-corrected chi connectivity index (χ0v) is 17.3. The largest absolute Gasteiger partial charge is 0.492 e. The lowest BCUT2D eigenvalue weighted by atomic mass is 9.98. The maximum atomic E-state index is 12.4. The number of rotatable bonds is 7. The lowest BCUT2D eigenvalue weighted by Gasteiger charge is -2.32. The minimum atomic E-state index is -0.0886. The number of carbonyl (C=O) groups excluding carboxylic acids is 1. The third-order valence-corrected chi connectivity index (χ3v) is 5.19. The van der Waals surface area contributed by atoms with Gasteiger partial charge in [-0.1, -0.05) is 17.3 Å². The summed E-state index contributed by atoms with van der Waals surface area (Å²) in [6.07, 6.45) is 2.28. The lowest BCUT2D eigenvalue weighted by Crippen LogP contribution is -2.37. The Morgan fingerprint density at radius 1 is 1.36 bits per heavy atom. The van der Waals surface area contributed by atoms with Gasteiger partial charge in [-0.3, -0.25) is 9.69 Å². The number of likely N-dealkylation sites (tertiary alicyclic amines) is 1. The third-order valence-electron chi connectivity index (χ3n) is 5.19. The van der Waals surface area contributed by atoms with Crippen molar-refractivity contribution in [2.45, 2.75) is 53.1 Å². The summed E-state index contributed by atoms with van der Waals surface area (Å²) >= 11 is 0. The van der Waals surface area contributed by atoms with Crippen molar-refractivity contribution in [3.8, 4) is 5.75 Å². The molecule has 2 aromatic rings. The molecule has 1 aliphatic heterocycles. The van der Waals surface area contributed by atoms with Crippen LogP contribution in [-0.2, 0) is 6.54 Å². The molecule has 152 valence electrons. The molecule has 1 aliphatic rings. The van der Waals surface area contributed by atoms with Crippen LogP contribution < -0.4 is 10.1 Å². The summed E-state index contributed by atoms with van der Waals surface area (Å²) in [6.45, 7) is 11.4. The monoisotopic (exact) mass is 385 g/mol. The Bertz CT molecular complexity index is 781. The fourth-order valence-corrected chi connectivity index (χ4v) is 3.71. The summed E-state index contributed by atoms with van der Waals surface area (Å²) in [7, 11) is 0. The van der Waals surface area contributed by atoms with E-state index in [0.717, 1.165) is 43.9 Å². The molecule has 0 spiro atoms. The quantitative estimate of drug-likeness (QED) is 0.787. The Morgan fingerprint density at radius 3 is 2.86 bits per heavy atom. The molecule has 0 aliphatic carbocycles. The number of nitrogens with zero attached hydrogens (tertiary/aromatic N) is 2. The van der Waals surface area contributed by atoms with Crippen LogP contribution in [0.1, 0.15) is 54.1 Å². The first-order valence-electron chi connectivity index (χ1n) is 10.1. The van der Waals surface area contributed by atoms with Crippen LogP contribution in [0.4, 0.5) is 0 Å². The van der Waals surface area contributed by atoms with Gasteiger partial charge in [-0.15, -0.1) is 0 Å². The van der Waals surface area contributed by atoms with E-state index in [4.69, 9.17) is 9.26 Å². The number of benzene rings is 1. The number of hydrogen-bond donors (Lipinski definition) is 1. The smallest absolute Gasteiger partial charge is 0.255 e. The van der Waals surface area contributed by atoms with Gasteiger partial charge in [0.1, 0.15) is 11.5 Å². The van der Waals surface area contributed by atoms with Gasteiger partial charge in [0.05, 0.1) is 17.9 Å². The van der Waals surface area contributed by atoms with E-state index in [0.29, 0.717) is 23.8 Å². The molecule has 1 aromatic carbocycles. The van der Waals surface area contributed by atoms with E-state index in [1.54, 1.807) is 0 Å². The zero-order valence-electron chi connectivity index (χ0n) is 17.3. The predicted molar refractivity (Wildman–Crippen MR) is 109 cm³/mol. The van der Waals surface area contributed by atoms with Crippen LogP contribution in [0.5, 0.6) is 5.75 Å². The number of nitrogens with one attached hydrogen (secondary N) is 1. The highest BCUT2D eigenvalue weighted by Crippen LogP contribution is 2.24. The first-order valence-corrected chi connectivity index (χ1v) is 10.1. The summed E-state index contributed by atoms with van der Waals surface area (Å²) in [5.41, 5.74) is 2.76. The zero-order chi connectivity index (χ0) is 20.1. The molecular formula is C22H31N3O3. The topological polar surface area (TPSA) is 67.6 Å². The first-order chi connectivity index (χ1) is 13.4. The number of carbonyl (C=O) groups is 1. The Kier molecular flexibility index (Phi) is 6.73. The number of amides is 1. The molecule has 1 saturated heterocycles. The van der Waals surface area contributed by atoms with Crippen LogP contribution in [0, 0.1) is 19.8 Å². The molecule has 1 fully saturated rings. The van der Waals surface area contributed by atoms with Crippen molar-refractivity contribution in [3.05, 3.63) is 46.8 Å². The molecule has 1 unspecified atom stereocenters. The van der Waals surface area contributed by atoms with Crippen molar-refractivity contribution in [1.82, 2.24) is 15.4 Å². The molecule has 6 heteroatoms. The fourth-order valence-electron chi connectivity index (χ4n) is 3.71. The number of aromatic nitrogens is 1. The van der Waals surface area contributed by atoms with Crippen molar-refractivity contribution in [3.63, 3.8) is 0 Å². The van der Waals surface area contributed by atoms with Gasteiger partial charge < -0.3 is 14.6 Å². The van der Waals surface area contributed by atoms with Gasteiger partial charge in [0, 0.05) is 30.6 Å². The van der Waals surface area contributed by atoms with Gasteiger partial charge in [-0.2, -0.15) is 0 Å². The molecule has 28 heavy (non-hydrogen) atoms. The van der Waals surface area contributed by atoms with E-state index < -0.39 is 0 Å². The van der Waals surface area contributed by atoms with Crippen molar-refractivity contribution in [2.75, 3.05) is 19.7 Å². The number of para-hydroxylation sites is 1. The van der Waals surface area contributed by atoms with Crippen molar-refractivity contribution >= 4 is 5.91 Å². The van der Waals surface area contributed by atoms with E-state index in [-0.39, 0.29) is 11.9 Å². The molecule has 1 atom stereocenters. The van der Waals surface area contributed by atoms with E-state index in [1.165, 1.54) is 5.56 Å². The molecule has 3 rings (SSSR count). The normalized spacial score (nSPS) is 17.7. The maximum Gasteiger partial charge on any atom is 0.255 e. The van der Waals surface area contributed by atoms with Crippen LogP contribution in [0.3, 0.4) is 0 Å². The second-order valence-electron chi connectivity index (χ2n) is 7.98. The Labute approximate surface area is 167 Å². The summed E-state index contributed by atoms with van der Waals surface area (Å²) in [5, 5.41) is 7.00. The summed E-state index contributed by atoms with van der Waals surface area (Å²) in [4.78, 5) is 14.9. The first kappa shape index (κ1) is 20.4. The number of aryl methyl sites for hydroxylation is 2. The van der Waals surface area contributed by atoms with Gasteiger partial charge >= 0.3 is 0 Å². The Morgan fingerprint density at radius 2 is 2.14 bits per heavy atom. The van der Waals surface area contributed by atoms with Crippen molar-refractivity contribution in [2.24, 2.45) is 5.92 Å². The van der Waals surface area contributed by atoms with E-state index in [9.17, 15) is 4.79 Å². The minimum Gasteiger partial charge on any atom is -0.492 e. The maximum absolute atomic E-state index is 12.4. The fraction of sp³-hybridized carbons (Fsp3) is 0.545. The molecule has 6 nitrogen and oxygen atoms in total. The van der Waals surface area contributed by atoms with Gasteiger partial charge in [-0.25, -0.2) is 0 Å². The highest BCUT2D eigenvalue weighted by atomic mass is 16.5. The van der Waals surface area contributed by atoms with E-state index >= 15 is 0 Å². The molecule has 1 aromatic heterocycles. The van der Waals surface area contributed by atoms with Gasteiger partial charge in [0.25, 0.3) is 5.91 Å².